The Kier molecular flexibility index (Phi) is 5.72. The van der Waals surface area contributed by atoms with Crippen molar-refractivity contribution in [1.29, 1.82) is 0 Å². The summed E-state index contributed by atoms with van der Waals surface area (Å²) in [5.74, 6) is 1.59. The molecule has 2 atom stereocenters. The second-order valence-corrected chi connectivity index (χ2v) is 7.69. The molecule has 2 aliphatic heterocycles. The van der Waals surface area contributed by atoms with Crippen LogP contribution in [0.15, 0.2) is 12.4 Å². The standard InChI is InChI=1S/C18H33N5/c1-21(12-15-6-8-19-9-7-15)13-16-5-4-10-22(2)18(16)17-11-20-23(3)14-17/h11,14-16,18-19H,4-10,12-13H2,1-3H3/t16-,18+/m0/s1. The Morgan fingerprint density at radius 3 is 2.70 bits per heavy atom. The monoisotopic (exact) mass is 319 g/mol. The summed E-state index contributed by atoms with van der Waals surface area (Å²) in [6.07, 6.45) is 9.58. The molecular formula is C18H33N5. The normalized spacial score (nSPS) is 27.7. The molecule has 1 aromatic heterocycles. The predicted octanol–water partition coefficient (Wildman–Crippen LogP) is 1.73. The van der Waals surface area contributed by atoms with Gasteiger partial charge in [0, 0.05) is 37.9 Å². The van der Waals surface area contributed by atoms with Crippen molar-refractivity contribution in [2.24, 2.45) is 18.9 Å². The van der Waals surface area contributed by atoms with Crippen molar-refractivity contribution >= 4 is 0 Å². The SMILES string of the molecule is CN(CC1CCNCC1)C[C@@H]1CCCN(C)[C@H]1c1cnn(C)c1. The molecule has 0 aromatic carbocycles. The van der Waals surface area contributed by atoms with Crippen LogP contribution in [0.4, 0.5) is 0 Å². The number of likely N-dealkylation sites (tertiary alicyclic amines) is 1. The Morgan fingerprint density at radius 1 is 1.22 bits per heavy atom. The minimum atomic E-state index is 0.521. The lowest BCUT2D eigenvalue weighted by Gasteiger charge is -2.41. The van der Waals surface area contributed by atoms with E-state index in [2.05, 4.69) is 46.7 Å². The van der Waals surface area contributed by atoms with E-state index in [4.69, 9.17) is 0 Å². The summed E-state index contributed by atoms with van der Waals surface area (Å²) < 4.78 is 1.94. The Balaban J connectivity index is 1.61. The fourth-order valence-electron chi connectivity index (χ4n) is 4.55. The maximum Gasteiger partial charge on any atom is 0.0537 e. The van der Waals surface area contributed by atoms with Crippen molar-refractivity contribution in [3.05, 3.63) is 18.0 Å². The van der Waals surface area contributed by atoms with Crippen molar-refractivity contribution in [2.45, 2.75) is 31.7 Å². The number of nitrogens with zero attached hydrogens (tertiary/aromatic N) is 4. The van der Waals surface area contributed by atoms with Gasteiger partial charge in [0.05, 0.1) is 6.20 Å². The maximum absolute atomic E-state index is 4.40. The van der Waals surface area contributed by atoms with Gasteiger partial charge in [-0.25, -0.2) is 0 Å². The molecule has 0 saturated carbocycles. The quantitative estimate of drug-likeness (QED) is 0.897. The molecule has 23 heavy (non-hydrogen) atoms. The van der Waals surface area contributed by atoms with Gasteiger partial charge in [-0.2, -0.15) is 5.10 Å². The zero-order valence-electron chi connectivity index (χ0n) is 15.0. The third-order valence-electron chi connectivity index (χ3n) is 5.65. The summed E-state index contributed by atoms with van der Waals surface area (Å²) in [7, 11) is 6.61. The van der Waals surface area contributed by atoms with E-state index in [9.17, 15) is 0 Å². The van der Waals surface area contributed by atoms with E-state index in [1.54, 1.807) is 0 Å². The highest BCUT2D eigenvalue weighted by Crippen LogP contribution is 2.35. The lowest BCUT2D eigenvalue weighted by molar-refractivity contribution is 0.0879. The number of nitrogens with one attached hydrogen (secondary N) is 1. The lowest BCUT2D eigenvalue weighted by atomic mass is 9.85. The Morgan fingerprint density at radius 2 is 2.00 bits per heavy atom. The summed E-state index contributed by atoms with van der Waals surface area (Å²) in [4.78, 5) is 5.12. The van der Waals surface area contributed by atoms with Gasteiger partial charge in [0.15, 0.2) is 0 Å². The molecule has 1 N–H and O–H groups in total. The molecule has 0 spiro atoms. The molecule has 3 heterocycles. The highest BCUT2D eigenvalue weighted by atomic mass is 15.3. The first kappa shape index (κ1) is 16.9. The van der Waals surface area contributed by atoms with Gasteiger partial charge in [0.2, 0.25) is 0 Å². The van der Waals surface area contributed by atoms with Gasteiger partial charge in [-0.1, -0.05) is 0 Å². The number of hydrogen-bond donors (Lipinski definition) is 1. The Labute approximate surface area is 141 Å². The minimum absolute atomic E-state index is 0.521. The van der Waals surface area contributed by atoms with Gasteiger partial charge in [0.25, 0.3) is 0 Å². The van der Waals surface area contributed by atoms with Crippen LogP contribution in [0.25, 0.3) is 0 Å². The summed E-state index contributed by atoms with van der Waals surface area (Å²) in [6.45, 7) is 6.05. The maximum atomic E-state index is 4.40. The summed E-state index contributed by atoms with van der Waals surface area (Å²) in [6, 6.07) is 0.521. The molecule has 0 amide bonds. The van der Waals surface area contributed by atoms with Gasteiger partial charge in [-0.3, -0.25) is 9.58 Å². The Bertz CT molecular complexity index is 480. The topological polar surface area (TPSA) is 36.3 Å². The molecule has 130 valence electrons. The van der Waals surface area contributed by atoms with E-state index in [0.717, 1.165) is 5.92 Å². The highest BCUT2D eigenvalue weighted by Gasteiger charge is 2.32. The summed E-state index contributed by atoms with van der Waals surface area (Å²) >= 11 is 0. The van der Waals surface area contributed by atoms with Crippen molar-refractivity contribution in [3.8, 4) is 0 Å². The molecule has 1 aromatic rings. The lowest BCUT2D eigenvalue weighted by Crippen LogP contribution is -2.42. The summed E-state index contributed by atoms with van der Waals surface area (Å²) in [5.41, 5.74) is 1.38. The second-order valence-electron chi connectivity index (χ2n) is 7.69. The van der Waals surface area contributed by atoms with Crippen LogP contribution >= 0.6 is 0 Å². The van der Waals surface area contributed by atoms with Gasteiger partial charge in [0.1, 0.15) is 0 Å². The molecule has 5 heteroatoms. The van der Waals surface area contributed by atoms with Crippen molar-refractivity contribution in [2.75, 3.05) is 46.8 Å². The van der Waals surface area contributed by atoms with E-state index >= 15 is 0 Å². The van der Waals surface area contributed by atoms with Crippen LogP contribution in [-0.4, -0.2) is 66.4 Å². The van der Waals surface area contributed by atoms with Gasteiger partial charge in [-0.05, 0) is 71.2 Å². The Hall–Kier alpha value is -0.910. The van der Waals surface area contributed by atoms with Crippen LogP contribution in [0, 0.1) is 11.8 Å². The zero-order valence-corrected chi connectivity index (χ0v) is 15.0. The van der Waals surface area contributed by atoms with Crippen LogP contribution in [0.2, 0.25) is 0 Å². The molecule has 0 aliphatic carbocycles. The van der Waals surface area contributed by atoms with Gasteiger partial charge < -0.3 is 10.2 Å². The molecule has 2 fully saturated rings. The van der Waals surface area contributed by atoms with Crippen LogP contribution in [-0.2, 0) is 7.05 Å². The first-order chi connectivity index (χ1) is 11.1. The van der Waals surface area contributed by atoms with E-state index in [-0.39, 0.29) is 0 Å². The third-order valence-corrected chi connectivity index (χ3v) is 5.65. The summed E-state index contributed by atoms with van der Waals surface area (Å²) in [5, 5.41) is 7.87. The van der Waals surface area contributed by atoms with Crippen molar-refractivity contribution in [3.63, 3.8) is 0 Å². The van der Waals surface area contributed by atoms with E-state index in [0.29, 0.717) is 12.0 Å². The molecule has 0 bridgehead atoms. The fourth-order valence-corrected chi connectivity index (χ4v) is 4.55. The molecule has 5 nitrogen and oxygen atoms in total. The highest BCUT2D eigenvalue weighted by molar-refractivity contribution is 5.13. The molecule has 2 aliphatic rings. The minimum Gasteiger partial charge on any atom is -0.317 e. The van der Waals surface area contributed by atoms with E-state index in [1.807, 2.05) is 11.7 Å². The second kappa shape index (κ2) is 7.77. The first-order valence-electron chi connectivity index (χ1n) is 9.21. The molecule has 0 unspecified atom stereocenters. The smallest absolute Gasteiger partial charge is 0.0537 e. The molecule has 0 radical (unpaired) electrons. The van der Waals surface area contributed by atoms with Gasteiger partial charge >= 0.3 is 0 Å². The fraction of sp³-hybridized carbons (Fsp3) is 0.833. The van der Waals surface area contributed by atoms with Crippen molar-refractivity contribution < 1.29 is 0 Å². The largest absolute Gasteiger partial charge is 0.317 e. The number of aromatic nitrogens is 2. The van der Waals surface area contributed by atoms with Gasteiger partial charge in [-0.15, -0.1) is 0 Å². The molecular weight excluding hydrogens is 286 g/mol. The van der Waals surface area contributed by atoms with E-state index in [1.165, 1.54) is 64.0 Å². The molecule has 3 rings (SSSR count). The third kappa shape index (κ3) is 4.34. The molecule has 2 saturated heterocycles. The number of hydrogen-bond acceptors (Lipinski definition) is 4. The van der Waals surface area contributed by atoms with Crippen LogP contribution < -0.4 is 5.32 Å². The zero-order chi connectivity index (χ0) is 16.2. The average Bonchev–Trinajstić information content (AvgIpc) is 2.94. The van der Waals surface area contributed by atoms with E-state index < -0.39 is 0 Å². The number of rotatable bonds is 5. The van der Waals surface area contributed by atoms with Crippen molar-refractivity contribution in [1.82, 2.24) is 24.9 Å². The number of aryl methyl sites for hydroxylation is 1. The number of piperidine rings is 2. The van der Waals surface area contributed by atoms with Crippen LogP contribution in [0.3, 0.4) is 0 Å². The van der Waals surface area contributed by atoms with Crippen LogP contribution in [0.5, 0.6) is 0 Å². The predicted molar refractivity (Wildman–Crippen MR) is 94.4 cm³/mol. The first-order valence-corrected chi connectivity index (χ1v) is 9.21. The average molecular weight is 319 g/mol. The van der Waals surface area contributed by atoms with Crippen LogP contribution in [0.1, 0.15) is 37.3 Å².